The molecule has 0 atom stereocenters. The standard InChI is InChI=1S/C13H11N3O/c1-17-11-4-5-13-15-12(9-16(13)8-11)10-3-2-6-14-7-10/h2-9H,1H3. The Kier molecular flexibility index (Phi) is 2.26. The molecule has 3 heterocycles. The molecule has 0 aromatic carbocycles. The van der Waals surface area contributed by atoms with Gasteiger partial charge in [0.05, 0.1) is 19.0 Å². The minimum Gasteiger partial charge on any atom is -0.495 e. The third-order valence-electron chi connectivity index (χ3n) is 2.62. The van der Waals surface area contributed by atoms with E-state index in [4.69, 9.17) is 4.74 Å². The Morgan fingerprint density at radius 1 is 1.18 bits per heavy atom. The maximum absolute atomic E-state index is 5.18. The zero-order valence-corrected chi connectivity index (χ0v) is 9.37. The molecule has 0 saturated carbocycles. The predicted octanol–water partition coefficient (Wildman–Crippen LogP) is 2.40. The Bertz CT molecular complexity index is 646. The van der Waals surface area contributed by atoms with Gasteiger partial charge in [-0.3, -0.25) is 4.98 Å². The number of imidazole rings is 1. The first kappa shape index (κ1) is 9.84. The van der Waals surface area contributed by atoms with Crippen LogP contribution in [0.25, 0.3) is 16.9 Å². The van der Waals surface area contributed by atoms with Crippen LogP contribution in [0, 0.1) is 0 Å². The smallest absolute Gasteiger partial charge is 0.137 e. The van der Waals surface area contributed by atoms with Crippen LogP contribution >= 0.6 is 0 Å². The van der Waals surface area contributed by atoms with Crippen molar-refractivity contribution in [1.29, 1.82) is 0 Å². The quantitative estimate of drug-likeness (QED) is 0.672. The summed E-state index contributed by atoms with van der Waals surface area (Å²) in [4.78, 5) is 8.62. The van der Waals surface area contributed by atoms with Crippen molar-refractivity contribution < 1.29 is 4.74 Å². The first-order chi connectivity index (χ1) is 8.36. The molecule has 84 valence electrons. The molecule has 0 spiro atoms. The molecule has 0 amide bonds. The van der Waals surface area contributed by atoms with Crippen molar-refractivity contribution in [1.82, 2.24) is 14.4 Å². The van der Waals surface area contributed by atoms with Gasteiger partial charge in [-0.2, -0.15) is 0 Å². The molecule has 0 unspecified atom stereocenters. The zero-order chi connectivity index (χ0) is 11.7. The number of fused-ring (bicyclic) bond motifs is 1. The summed E-state index contributed by atoms with van der Waals surface area (Å²) in [6.07, 6.45) is 7.43. The lowest BCUT2D eigenvalue weighted by molar-refractivity contribution is 0.412. The predicted molar refractivity (Wildman–Crippen MR) is 65.0 cm³/mol. The average Bonchev–Trinajstić information content (AvgIpc) is 2.82. The van der Waals surface area contributed by atoms with Crippen molar-refractivity contribution in [3.63, 3.8) is 0 Å². The van der Waals surface area contributed by atoms with Gasteiger partial charge in [-0.25, -0.2) is 4.98 Å². The van der Waals surface area contributed by atoms with Crippen LogP contribution in [-0.4, -0.2) is 21.5 Å². The van der Waals surface area contributed by atoms with Crippen LogP contribution in [0.2, 0.25) is 0 Å². The molecule has 0 aliphatic carbocycles. The van der Waals surface area contributed by atoms with Crippen molar-refractivity contribution in [3.8, 4) is 17.0 Å². The van der Waals surface area contributed by atoms with E-state index in [1.807, 2.05) is 41.1 Å². The first-order valence-corrected chi connectivity index (χ1v) is 5.30. The maximum Gasteiger partial charge on any atom is 0.137 e. The minimum absolute atomic E-state index is 0.813. The van der Waals surface area contributed by atoms with Gasteiger partial charge in [0.25, 0.3) is 0 Å². The number of nitrogens with zero attached hydrogens (tertiary/aromatic N) is 3. The lowest BCUT2D eigenvalue weighted by atomic mass is 10.2. The summed E-state index contributed by atoms with van der Waals surface area (Å²) >= 11 is 0. The normalized spacial score (nSPS) is 10.6. The van der Waals surface area contributed by atoms with Gasteiger partial charge in [0.1, 0.15) is 11.4 Å². The van der Waals surface area contributed by atoms with E-state index in [0.717, 1.165) is 22.7 Å². The molecule has 0 aliphatic heterocycles. The van der Waals surface area contributed by atoms with Crippen LogP contribution in [0.1, 0.15) is 0 Å². The molecule has 0 saturated heterocycles. The van der Waals surface area contributed by atoms with Gasteiger partial charge in [-0.1, -0.05) is 0 Å². The summed E-state index contributed by atoms with van der Waals surface area (Å²) in [5.41, 5.74) is 2.81. The van der Waals surface area contributed by atoms with Crippen LogP contribution < -0.4 is 4.74 Å². The summed E-state index contributed by atoms with van der Waals surface area (Å²) < 4.78 is 7.12. The summed E-state index contributed by atoms with van der Waals surface area (Å²) in [5, 5.41) is 0. The van der Waals surface area contributed by atoms with Gasteiger partial charge in [-0.05, 0) is 24.3 Å². The lowest BCUT2D eigenvalue weighted by Crippen LogP contribution is -1.86. The van der Waals surface area contributed by atoms with E-state index < -0.39 is 0 Å². The Hall–Kier alpha value is -2.36. The van der Waals surface area contributed by atoms with E-state index in [1.165, 1.54) is 0 Å². The van der Waals surface area contributed by atoms with E-state index in [-0.39, 0.29) is 0 Å². The van der Waals surface area contributed by atoms with Crippen LogP contribution in [0.4, 0.5) is 0 Å². The van der Waals surface area contributed by atoms with Gasteiger partial charge < -0.3 is 9.14 Å². The molecule has 0 fully saturated rings. The molecule has 0 radical (unpaired) electrons. The molecule has 3 aromatic rings. The molecule has 4 heteroatoms. The molecule has 3 rings (SSSR count). The second-order valence-electron chi connectivity index (χ2n) is 3.70. The van der Waals surface area contributed by atoms with Crippen molar-refractivity contribution in [2.75, 3.05) is 7.11 Å². The Morgan fingerprint density at radius 3 is 2.88 bits per heavy atom. The minimum atomic E-state index is 0.813. The molecule has 4 nitrogen and oxygen atoms in total. The highest BCUT2D eigenvalue weighted by molar-refractivity contribution is 5.61. The van der Waals surface area contributed by atoms with Crippen molar-refractivity contribution in [2.24, 2.45) is 0 Å². The fourth-order valence-corrected chi connectivity index (χ4v) is 1.75. The van der Waals surface area contributed by atoms with Gasteiger partial charge in [0, 0.05) is 24.2 Å². The SMILES string of the molecule is COc1ccc2nc(-c3cccnc3)cn2c1. The number of hydrogen-bond acceptors (Lipinski definition) is 3. The highest BCUT2D eigenvalue weighted by Gasteiger charge is 2.04. The molecule has 17 heavy (non-hydrogen) atoms. The van der Waals surface area contributed by atoms with Crippen LogP contribution in [-0.2, 0) is 0 Å². The van der Waals surface area contributed by atoms with E-state index in [9.17, 15) is 0 Å². The molecular formula is C13H11N3O. The van der Waals surface area contributed by atoms with Crippen molar-refractivity contribution >= 4 is 5.65 Å². The molecule has 0 aliphatic rings. The topological polar surface area (TPSA) is 39.4 Å². The number of ether oxygens (including phenoxy) is 1. The Balaban J connectivity index is 2.14. The van der Waals surface area contributed by atoms with Gasteiger partial charge in [0.2, 0.25) is 0 Å². The summed E-state index contributed by atoms with van der Waals surface area (Å²) in [6, 6.07) is 7.72. The second kappa shape index (κ2) is 3.90. The number of methoxy groups -OCH3 is 1. The summed E-state index contributed by atoms with van der Waals surface area (Å²) in [7, 11) is 1.65. The van der Waals surface area contributed by atoms with Crippen LogP contribution in [0.5, 0.6) is 5.75 Å². The van der Waals surface area contributed by atoms with Gasteiger partial charge in [0.15, 0.2) is 0 Å². The maximum atomic E-state index is 5.18. The third kappa shape index (κ3) is 1.73. The Morgan fingerprint density at radius 2 is 2.12 bits per heavy atom. The molecule has 3 aromatic heterocycles. The average molecular weight is 225 g/mol. The van der Waals surface area contributed by atoms with E-state index >= 15 is 0 Å². The van der Waals surface area contributed by atoms with Crippen molar-refractivity contribution in [2.45, 2.75) is 0 Å². The largest absolute Gasteiger partial charge is 0.495 e. The summed E-state index contributed by atoms with van der Waals surface area (Å²) in [5.74, 6) is 0.813. The Labute approximate surface area is 98.5 Å². The van der Waals surface area contributed by atoms with Gasteiger partial charge in [-0.15, -0.1) is 0 Å². The van der Waals surface area contributed by atoms with E-state index in [0.29, 0.717) is 0 Å². The fraction of sp³-hybridized carbons (Fsp3) is 0.0769. The number of pyridine rings is 2. The molecular weight excluding hydrogens is 214 g/mol. The van der Waals surface area contributed by atoms with Crippen molar-refractivity contribution in [3.05, 3.63) is 49.1 Å². The van der Waals surface area contributed by atoms with Gasteiger partial charge >= 0.3 is 0 Å². The molecule has 0 bridgehead atoms. The highest BCUT2D eigenvalue weighted by atomic mass is 16.5. The lowest BCUT2D eigenvalue weighted by Gasteiger charge is -1.98. The number of rotatable bonds is 2. The van der Waals surface area contributed by atoms with E-state index in [2.05, 4.69) is 9.97 Å². The number of aromatic nitrogens is 3. The second-order valence-corrected chi connectivity index (χ2v) is 3.70. The fourth-order valence-electron chi connectivity index (χ4n) is 1.75. The van der Waals surface area contributed by atoms with Crippen LogP contribution in [0.15, 0.2) is 49.1 Å². The monoisotopic (exact) mass is 225 g/mol. The first-order valence-electron chi connectivity index (χ1n) is 5.30. The molecule has 0 N–H and O–H groups in total. The highest BCUT2D eigenvalue weighted by Crippen LogP contribution is 2.19. The zero-order valence-electron chi connectivity index (χ0n) is 9.37. The summed E-state index contributed by atoms with van der Waals surface area (Å²) in [6.45, 7) is 0. The van der Waals surface area contributed by atoms with Crippen LogP contribution in [0.3, 0.4) is 0 Å². The third-order valence-corrected chi connectivity index (χ3v) is 2.62. The van der Waals surface area contributed by atoms with E-state index in [1.54, 1.807) is 19.5 Å². The number of hydrogen-bond donors (Lipinski definition) is 0.